The summed E-state index contributed by atoms with van der Waals surface area (Å²) in [5, 5.41) is 4.38. The van der Waals surface area contributed by atoms with E-state index in [-0.39, 0.29) is 5.82 Å². The molecular formula is C27H25FN2O. The van der Waals surface area contributed by atoms with Crippen molar-refractivity contribution in [1.82, 2.24) is 4.57 Å². The van der Waals surface area contributed by atoms with Crippen LogP contribution in [0.15, 0.2) is 90.1 Å². The molecule has 4 rings (SSSR count). The molecule has 0 aliphatic rings. The van der Waals surface area contributed by atoms with Gasteiger partial charge in [0.25, 0.3) is 0 Å². The van der Waals surface area contributed by atoms with Crippen molar-refractivity contribution in [2.24, 2.45) is 5.16 Å². The summed E-state index contributed by atoms with van der Waals surface area (Å²) in [6.07, 6.45) is 0. The largest absolute Gasteiger partial charge is 0.391 e. The van der Waals surface area contributed by atoms with Gasteiger partial charge in [0.15, 0.2) is 0 Å². The summed E-state index contributed by atoms with van der Waals surface area (Å²) in [6, 6.07) is 26.9. The Labute approximate surface area is 182 Å². The average Bonchev–Trinajstić information content (AvgIpc) is 3.13. The summed E-state index contributed by atoms with van der Waals surface area (Å²) < 4.78 is 16.1. The molecule has 0 amide bonds. The first-order chi connectivity index (χ1) is 15.0. The third-order valence-corrected chi connectivity index (χ3v) is 5.46. The Morgan fingerprint density at radius 3 is 2.39 bits per heavy atom. The molecule has 0 unspecified atom stereocenters. The van der Waals surface area contributed by atoms with E-state index in [2.05, 4.69) is 40.9 Å². The summed E-state index contributed by atoms with van der Waals surface area (Å²) >= 11 is 0. The second kappa shape index (κ2) is 9.00. The van der Waals surface area contributed by atoms with Crippen molar-refractivity contribution in [2.45, 2.75) is 27.4 Å². The van der Waals surface area contributed by atoms with E-state index in [0.29, 0.717) is 6.61 Å². The van der Waals surface area contributed by atoms with Gasteiger partial charge in [-0.05, 0) is 61.7 Å². The highest BCUT2D eigenvalue weighted by Gasteiger charge is 2.17. The zero-order valence-corrected chi connectivity index (χ0v) is 18.0. The van der Waals surface area contributed by atoms with Crippen LogP contribution in [0.25, 0.3) is 16.9 Å². The van der Waals surface area contributed by atoms with E-state index in [1.54, 1.807) is 12.1 Å². The summed E-state index contributed by atoms with van der Waals surface area (Å²) in [6.45, 7) is 6.43. The lowest BCUT2D eigenvalue weighted by molar-refractivity contribution is 0.130. The van der Waals surface area contributed by atoms with Gasteiger partial charge in [0.1, 0.15) is 12.4 Å². The number of aryl methyl sites for hydroxylation is 1. The lowest BCUT2D eigenvalue weighted by atomic mass is 10.1. The first-order valence-corrected chi connectivity index (χ1v) is 10.3. The van der Waals surface area contributed by atoms with E-state index in [4.69, 9.17) is 4.84 Å². The Balaban J connectivity index is 1.72. The molecule has 3 aromatic carbocycles. The van der Waals surface area contributed by atoms with Gasteiger partial charge >= 0.3 is 0 Å². The Bertz CT molecular complexity index is 1230. The second-order valence-corrected chi connectivity index (χ2v) is 7.59. The Kier molecular flexibility index (Phi) is 5.99. The quantitative estimate of drug-likeness (QED) is 0.251. The predicted molar refractivity (Wildman–Crippen MR) is 124 cm³/mol. The molecule has 31 heavy (non-hydrogen) atoms. The van der Waals surface area contributed by atoms with Crippen LogP contribution in [0.2, 0.25) is 0 Å². The number of benzene rings is 3. The molecule has 0 saturated heterocycles. The normalized spacial score (nSPS) is 11.5. The fourth-order valence-corrected chi connectivity index (χ4v) is 3.76. The van der Waals surface area contributed by atoms with Gasteiger partial charge in [-0.25, -0.2) is 4.39 Å². The van der Waals surface area contributed by atoms with Crippen LogP contribution in [-0.4, -0.2) is 10.3 Å². The lowest BCUT2D eigenvalue weighted by Gasteiger charge is -2.12. The van der Waals surface area contributed by atoms with Gasteiger partial charge in [0, 0.05) is 16.9 Å². The number of oxime groups is 1. The van der Waals surface area contributed by atoms with E-state index in [1.165, 1.54) is 11.6 Å². The van der Waals surface area contributed by atoms with Gasteiger partial charge in [0.2, 0.25) is 0 Å². The van der Waals surface area contributed by atoms with E-state index >= 15 is 0 Å². The van der Waals surface area contributed by atoms with Crippen LogP contribution < -0.4 is 0 Å². The van der Waals surface area contributed by atoms with E-state index in [0.717, 1.165) is 39.5 Å². The zero-order valence-electron chi connectivity index (χ0n) is 18.0. The Morgan fingerprint density at radius 1 is 0.903 bits per heavy atom. The molecule has 4 aromatic rings. The minimum atomic E-state index is -0.266. The molecule has 0 aliphatic carbocycles. The molecule has 1 aromatic heterocycles. The van der Waals surface area contributed by atoms with Crippen LogP contribution in [0, 0.1) is 19.7 Å². The smallest absolute Gasteiger partial charge is 0.142 e. The summed E-state index contributed by atoms with van der Waals surface area (Å²) in [5.74, 6) is -0.266. The first-order valence-electron chi connectivity index (χ1n) is 10.3. The lowest BCUT2D eigenvalue weighted by Crippen LogP contribution is -2.03. The fourth-order valence-electron chi connectivity index (χ4n) is 3.76. The van der Waals surface area contributed by atoms with Crippen LogP contribution in [0.1, 0.15) is 29.3 Å². The van der Waals surface area contributed by atoms with E-state index in [9.17, 15) is 4.39 Å². The highest BCUT2D eigenvalue weighted by atomic mass is 19.1. The number of hydrogen-bond acceptors (Lipinski definition) is 2. The van der Waals surface area contributed by atoms with Crippen LogP contribution in [-0.2, 0) is 11.4 Å². The van der Waals surface area contributed by atoms with Crippen molar-refractivity contribution in [3.8, 4) is 16.9 Å². The molecule has 0 aliphatic heterocycles. The minimum Gasteiger partial charge on any atom is -0.391 e. The maximum atomic E-state index is 14.0. The SMILES string of the molecule is C/C(=N/OCc1ccccc1C)c1cc(-c2ccccc2)n(-c2cccc(F)c2)c1C. The van der Waals surface area contributed by atoms with Crippen molar-refractivity contribution in [3.63, 3.8) is 0 Å². The molecule has 0 radical (unpaired) electrons. The molecule has 0 fully saturated rings. The van der Waals surface area contributed by atoms with Crippen molar-refractivity contribution in [3.05, 3.63) is 113 Å². The topological polar surface area (TPSA) is 26.5 Å². The molecule has 0 bridgehead atoms. The van der Waals surface area contributed by atoms with Gasteiger partial charge in [-0.3, -0.25) is 0 Å². The highest BCUT2D eigenvalue weighted by Crippen LogP contribution is 2.30. The molecule has 1 heterocycles. The second-order valence-electron chi connectivity index (χ2n) is 7.59. The molecule has 0 N–H and O–H groups in total. The standard InChI is InChI=1S/C27H25FN2O/c1-19-10-7-8-13-23(19)18-31-29-20(2)26-17-27(22-11-5-4-6-12-22)30(21(26)3)25-15-9-14-24(28)16-25/h4-17H,18H2,1-3H3/b29-20-. The zero-order chi connectivity index (χ0) is 21.8. The Morgan fingerprint density at radius 2 is 1.65 bits per heavy atom. The maximum Gasteiger partial charge on any atom is 0.142 e. The summed E-state index contributed by atoms with van der Waals surface area (Å²) in [4.78, 5) is 5.67. The third kappa shape index (κ3) is 4.43. The molecule has 156 valence electrons. The fraction of sp³-hybridized carbons (Fsp3) is 0.148. The first kappa shape index (κ1) is 20.6. The van der Waals surface area contributed by atoms with Crippen molar-refractivity contribution < 1.29 is 9.23 Å². The van der Waals surface area contributed by atoms with Gasteiger partial charge in [0.05, 0.1) is 11.4 Å². The van der Waals surface area contributed by atoms with Gasteiger partial charge < -0.3 is 9.40 Å². The van der Waals surface area contributed by atoms with Gasteiger partial charge in [-0.1, -0.05) is 65.8 Å². The minimum absolute atomic E-state index is 0.266. The third-order valence-electron chi connectivity index (χ3n) is 5.46. The molecule has 0 saturated carbocycles. The van der Waals surface area contributed by atoms with Crippen LogP contribution in [0.4, 0.5) is 4.39 Å². The van der Waals surface area contributed by atoms with Crippen LogP contribution in [0.5, 0.6) is 0 Å². The molecule has 4 heteroatoms. The van der Waals surface area contributed by atoms with E-state index < -0.39 is 0 Å². The highest BCUT2D eigenvalue weighted by molar-refractivity contribution is 6.01. The van der Waals surface area contributed by atoms with E-state index in [1.807, 2.05) is 56.3 Å². The number of rotatable bonds is 6. The monoisotopic (exact) mass is 412 g/mol. The van der Waals surface area contributed by atoms with Crippen LogP contribution >= 0.6 is 0 Å². The van der Waals surface area contributed by atoms with Crippen molar-refractivity contribution >= 4 is 5.71 Å². The predicted octanol–water partition coefficient (Wildman–Crippen LogP) is 6.84. The number of nitrogens with zero attached hydrogens (tertiary/aromatic N) is 2. The maximum absolute atomic E-state index is 14.0. The van der Waals surface area contributed by atoms with Crippen LogP contribution in [0.3, 0.4) is 0 Å². The number of aromatic nitrogens is 1. The van der Waals surface area contributed by atoms with Crippen molar-refractivity contribution in [1.29, 1.82) is 0 Å². The molecule has 0 atom stereocenters. The summed E-state index contributed by atoms with van der Waals surface area (Å²) in [5.41, 5.74) is 7.81. The van der Waals surface area contributed by atoms with Crippen molar-refractivity contribution in [2.75, 3.05) is 0 Å². The molecular weight excluding hydrogens is 387 g/mol. The molecule has 0 spiro atoms. The Hall–Kier alpha value is -3.66. The molecule has 3 nitrogen and oxygen atoms in total. The number of halogens is 1. The summed E-state index contributed by atoms with van der Waals surface area (Å²) in [7, 11) is 0. The average molecular weight is 413 g/mol. The number of hydrogen-bond donors (Lipinski definition) is 0. The van der Waals surface area contributed by atoms with Gasteiger partial charge in [-0.15, -0.1) is 0 Å². The van der Waals surface area contributed by atoms with Gasteiger partial charge in [-0.2, -0.15) is 0 Å².